The first-order valence-electron chi connectivity index (χ1n) is 6.71. The van der Waals surface area contributed by atoms with Gasteiger partial charge in [-0.2, -0.15) is 0 Å². The molecule has 0 heterocycles. The standard InChI is InChI=1S/C17H17FN2O/c1-2-20(16-8-4-6-14(18)12-16)17(21)10-9-13-5-3-7-15(19)11-13/h3-12H,2,19H2,1H3/b10-9+. The SMILES string of the molecule is CCN(C(=O)/C=C/c1cccc(N)c1)c1cccc(F)c1. The molecular weight excluding hydrogens is 267 g/mol. The van der Waals surface area contributed by atoms with Gasteiger partial charge < -0.3 is 10.6 Å². The molecule has 21 heavy (non-hydrogen) atoms. The fraction of sp³-hybridized carbons (Fsp3) is 0.118. The molecule has 2 aromatic carbocycles. The predicted molar refractivity (Wildman–Crippen MR) is 84.3 cm³/mol. The molecule has 0 spiro atoms. The number of carbonyl (C=O) groups is 1. The number of benzene rings is 2. The Labute approximate surface area is 123 Å². The molecule has 2 rings (SSSR count). The third kappa shape index (κ3) is 3.92. The van der Waals surface area contributed by atoms with E-state index >= 15 is 0 Å². The Morgan fingerprint density at radius 1 is 1.24 bits per heavy atom. The molecule has 0 aliphatic heterocycles. The zero-order chi connectivity index (χ0) is 15.2. The predicted octanol–water partition coefficient (Wildman–Crippen LogP) is 3.47. The van der Waals surface area contributed by atoms with Crippen LogP contribution in [0.5, 0.6) is 0 Å². The van der Waals surface area contributed by atoms with E-state index in [1.807, 2.05) is 19.1 Å². The number of likely N-dealkylation sites (N-methyl/N-ethyl adjacent to an activating group) is 1. The summed E-state index contributed by atoms with van der Waals surface area (Å²) in [6, 6.07) is 13.2. The number of halogens is 1. The van der Waals surface area contributed by atoms with Gasteiger partial charge >= 0.3 is 0 Å². The molecule has 0 saturated carbocycles. The lowest BCUT2D eigenvalue weighted by Crippen LogP contribution is -2.28. The van der Waals surface area contributed by atoms with Gasteiger partial charge in [0.25, 0.3) is 5.91 Å². The van der Waals surface area contributed by atoms with Crippen molar-refractivity contribution in [3.8, 4) is 0 Å². The lowest BCUT2D eigenvalue weighted by atomic mass is 10.2. The molecule has 0 bridgehead atoms. The number of nitrogen functional groups attached to an aromatic ring is 1. The van der Waals surface area contributed by atoms with Gasteiger partial charge in [0.2, 0.25) is 0 Å². The van der Waals surface area contributed by atoms with Crippen molar-refractivity contribution in [1.29, 1.82) is 0 Å². The average Bonchev–Trinajstić information content (AvgIpc) is 2.46. The number of hydrogen-bond acceptors (Lipinski definition) is 2. The summed E-state index contributed by atoms with van der Waals surface area (Å²) in [5.41, 5.74) is 7.72. The quantitative estimate of drug-likeness (QED) is 0.690. The summed E-state index contributed by atoms with van der Waals surface area (Å²) >= 11 is 0. The Morgan fingerprint density at radius 3 is 2.67 bits per heavy atom. The molecule has 3 nitrogen and oxygen atoms in total. The number of rotatable bonds is 4. The zero-order valence-electron chi connectivity index (χ0n) is 11.8. The van der Waals surface area contributed by atoms with Gasteiger partial charge in [-0.3, -0.25) is 4.79 Å². The lowest BCUT2D eigenvalue weighted by Gasteiger charge is -2.19. The fourth-order valence-electron chi connectivity index (χ4n) is 2.03. The van der Waals surface area contributed by atoms with Gasteiger partial charge in [0.05, 0.1) is 0 Å². The first-order chi connectivity index (χ1) is 10.1. The minimum atomic E-state index is -0.362. The first-order valence-corrected chi connectivity index (χ1v) is 6.71. The Balaban J connectivity index is 2.17. The number of nitrogens with two attached hydrogens (primary N) is 1. The molecule has 0 saturated heterocycles. The van der Waals surface area contributed by atoms with Crippen LogP contribution in [0, 0.1) is 5.82 Å². The van der Waals surface area contributed by atoms with Gasteiger partial charge in [0.1, 0.15) is 5.82 Å². The van der Waals surface area contributed by atoms with Crippen molar-refractivity contribution in [2.75, 3.05) is 17.2 Å². The van der Waals surface area contributed by atoms with Gasteiger partial charge in [0.15, 0.2) is 0 Å². The Kier molecular flexibility index (Phi) is 4.72. The van der Waals surface area contributed by atoms with Crippen LogP contribution >= 0.6 is 0 Å². The molecule has 4 heteroatoms. The second kappa shape index (κ2) is 6.70. The summed E-state index contributed by atoms with van der Waals surface area (Å²) in [5.74, 6) is -0.566. The third-order valence-corrected chi connectivity index (χ3v) is 3.03. The second-order valence-corrected chi connectivity index (χ2v) is 4.57. The number of amides is 1. The molecule has 0 atom stereocenters. The summed E-state index contributed by atoms with van der Waals surface area (Å²) < 4.78 is 13.3. The molecule has 108 valence electrons. The summed E-state index contributed by atoms with van der Waals surface area (Å²) in [5, 5.41) is 0. The van der Waals surface area contributed by atoms with E-state index in [1.165, 1.54) is 23.1 Å². The smallest absolute Gasteiger partial charge is 0.250 e. The van der Waals surface area contributed by atoms with Crippen LogP contribution in [0.2, 0.25) is 0 Å². The molecule has 2 N–H and O–H groups in total. The molecule has 0 unspecified atom stereocenters. The third-order valence-electron chi connectivity index (χ3n) is 3.03. The zero-order valence-corrected chi connectivity index (χ0v) is 11.8. The van der Waals surface area contributed by atoms with E-state index in [0.717, 1.165) is 5.56 Å². The maximum absolute atomic E-state index is 13.3. The van der Waals surface area contributed by atoms with Crippen molar-refractivity contribution in [3.05, 3.63) is 66.0 Å². The van der Waals surface area contributed by atoms with E-state index in [4.69, 9.17) is 5.73 Å². The number of hydrogen-bond donors (Lipinski definition) is 1. The Bertz CT molecular complexity index is 667. The minimum absolute atomic E-state index is 0.203. The maximum Gasteiger partial charge on any atom is 0.250 e. The van der Waals surface area contributed by atoms with E-state index < -0.39 is 0 Å². The van der Waals surface area contributed by atoms with Gasteiger partial charge in [-0.1, -0.05) is 18.2 Å². The Morgan fingerprint density at radius 2 is 2.00 bits per heavy atom. The van der Waals surface area contributed by atoms with Crippen molar-refractivity contribution in [3.63, 3.8) is 0 Å². The summed E-state index contributed by atoms with van der Waals surface area (Å²) in [7, 11) is 0. The monoisotopic (exact) mass is 284 g/mol. The van der Waals surface area contributed by atoms with Gasteiger partial charge in [0, 0.05) is 24.0 Å². The number of carbonyl (C=O) groups excluding carboxylic acids is 1. The topological polar surface area (TPSA) is 46.3 Å². The molecule has 0 aromatic heterocycles. The van der Waals surface area contributed by atoms with E-state index in [0.29, 0.717) is 17.9 Å². The van der Waals surface area contributed by atoms with Crippen molar-refractivity contribution in [2.24, 2.45) is 0 Å². The Hall–Kier alpha value is -2.62. The van der Waals surface area contributed by atoms with Gasteiger partial charge in [-0.15, -0.1) is 0 Å². The van der Waals surface area contributed by atoms with Crippen molar-refractivity contribution in [1.82, 2.24) is 0 Å². The highest BCUT2D eigenvalue weighted by Crippen LogP contribution is 2.16. The normalized spacial score (nSPS) is 10.8. The van der Waals surface area contributed by atoms with E-state index in [9.17, 15) is 9.18 Å². The van der Waals surface area contributed by atoms with Gasteiger partial charge in [-0.05, 0) is 48.9 Å². The molecule has 1 amide bonds. The largest absolute Gasteiger partial charge is 0.399 e. The number of nitrogens with zero attached hydrogens (tertiary/aromatic N) is 1. The second-order valence-electron chi connectivity index (χ2n) is 4.57. The van der Waals surface area contributed by atoms with E-state index in [2.05, 4.69) is 0 Å². The van der Waals surface area contributed by atoms with Crippen LogP contribution in [-0.4, -0.2) is 12.5 Å². The summed E-state index contributed by atoms with van der Waals surface area (Å²) in [6.07, 6.45) is 3.16. The fourth-order valence-corrected chi connectivity index (χ4v) is 2.03. The van der Waals surface area contributed by atoms with Crippen LogP contribution < -0.4 is 10.6 Å². The van der Waals surface area contributed by atoms with Crippen LogP contribution in [0.4, 0.5) is 15.8 Å². The molecule has 0 fully saturated rings. The molecule has 2 aromatic rings. The molecule has 0 radical (unpaired) electrons. The minimum Gasteiger partial charge on any atom is -0.399 e. The highest BCUT2D eigenvalue weighted by molar-refractivity contribution is 6.03. The van der Waals surface area contributed by atoms with Crippen LogP contribution in [0.25, 0.3) is 6.08 Å². The van der Waals surface area contributed by atoms with E-state index in [1.54, 1.807) is 30.3 Å². The van der Waals surface area contributed by atoms with Crippen LogP contribution in [0.1, 0.15) is 12.5 Å². The summed E-state index contributed by atoms with van der Waals surface area (Å²) in [6.45, 7) is 2.31. The highest BCUT2D eigenvalue weighted by atomic mass is 19.1. The molecule has 0 aliphatic rings. The van der Waals surface area contributed by atoms with Gasteiger partial charge in [-0.25, -0.2) is 4.39 Å². The van der Waals surface area contributed by atoms with Crippen molar-refractivity contribution >= 4 is 23.4 Å². The van der Waals surface area contributed by atoms with Crippen molar-refractivity contribution in [2.45, 2.75) is 6.92 Å². The lowest BCUT2D eigenvalue weighted by molar-refractivity contribution is -0.114. The van der Waals surface area contributed by atoms with Crippen LogP contribution in [-0.2, 0) is 4.79 Å². The highest BCUT2D eigenvalue weighted by Gasteiger charge is 2.11. The number of anilines is 2. The average molecular weight is 284 g/mol. The molecule has 0 aliphatic carbocycles. The van der Waals surface area contributed by atoms with E-state index in [-0.39, 0.29) is 11.7 Å². The summed E-state index contributed by atoms with van der Waals surface area (Å²) in [4.78, 5) is 13.7. The maximum atomic E-state index is 13.3. The van der Waals surface area contributed by atoms with Crippen LogP contribution in [0.15, 0.2) is 54.6 Å². The van der Waals surface area contributed by atoms with Crippen molar-refractivity contribution < 1.29 is 9.18 Å². The molecular formula is C17H17FN2O. The first kappa shape index (κ1) is 14.8. The van der Waals surface area contributed by atoms with Crippen LogP contribution in [0.3, 0.4) is 0 Å².